The van der Waals surface area contributed by atoms with Gasteiger partial charge in [0.25, 0.3) is 0 Å². The quantitative estimate of drug-likeness (QED) is 0.683. The van der Waals surface area contributed by atoms with Crippen LogP contribution in [0.1, 0.15) is 18.1 Å². The average molecular weight is 148 g/mol. The summed E-state index contributed by atoms with van der Waals surface area (Å²) >= 11 is 0. The summed E-state index contributed by atoms with van der Waals surface area (Å²) in [7, 11) is 0. The van der Waals surface area contributed by atoms with E-state index in [0.717, 1.165) is 17.5 Å². The van der Waals surface area contributed by atoms with Crippen molar-refractivity contribution in [3.8, 4) is 5.75 Å². The number of phenolic OH excluding ortho intramolecular Hbond substituents is 1. The molecular formula is C10H12O. The van der Waals surface area contributed by atoms with Crippen LogP contribution in [0, 0.1) is 0 Å². The Morgan fingerprint density at radius 2 is 2.27 bits per heavy atom. The van der Waals surface area contributed by atoms with Crippen LogP contribution in [0.5, 0.6) is 5.75 Å². The molecule has 0 amide bonds. The minimum Gasteiger partial charge on any atom is -0.507 e. The lowest BCUT2D eigenvalue weighted by Crippen LogP contribution is -1.80. The topological polar surface area (TPSA) is 20.2 Å². The third-order valence-electron chi connectivity index (χ3n) is 1.72. The highest BCUT2D eigenvalue weighted by atomic mass is 16.3. The maximum atomic E-state index is 9.35. The summed E-state index contributed by atoms with van der Waals surface area (Å²) in [5.41, 5.74) is 1.94. The van der Waals surface area contributed by atoms with E-state index in [1.807, 2.05) is 12.1 Å². The van der Waals surface area contributed by atoms with Crippen molar-refractivity contribution >= 4 is 6.08 Å². The lowest BCUT2D eigenvalue weighted by molar-refractivity contribution is 0.473. The second-order valence-corrected chi connectivity index (χ2v) is 2.45. The lowest BCUT2D eigenvalue weighted by atomic mass is 10.1. The Bertz CT molecular complexity index is 264. The molecule has 0 bridgehead atoms. The Labute approximate surface area is 67.0 Å². The number of hydrogen-bond donors (Lipinski definition) is 1. The lowest BCUT2D eigenvalue weighted by Gasteiger charge is -2.00. The fourth-order valence-electron chi connectivity index (χ4n) is 0.982. The molecule has 0 aliphatic heterocycles. The summed E-state index contributed by atoms with van der Waals surface area (Å²) in [5.74, 6) is 0.319. The smallest absolute Gasteiger partial charge is 0.123 e. The van der Waals surface area contributed by atoms with E-state index in [9.17, 15) is 5.11 Å². The first-order valence-corrected chi connectivity index (χ1v) is 3.72. The summed E-state index contributed by atoms with van der Waals surface area (Å²) in [5, 5.41) is 9.35. The first-order valence-electron chi connectivity index (χ1n) is 3.72. The van der Waals surface area contributed by atoms with Crippen LogP contribution in [0.15, 0.2) is 24.8 Å². The van der Waals surface area contributed by atoms with E-state index in [4.69, 9.17) is 0 Å². The van der Waals surface area contributed by atoms with Crippen LogP contribution in [0.4, 0.5) is 0 Å². The molecule has 1 aromatic carbocycles. The molecule has 58 valence electrons. The van der Waals surface area contributed by atoms with Crippen LogP contribution in [0.25, 0.3) is 6.08 Å². The van der Waals surface area contributed by atoms with Crippen molar-refractivity contribution in [3.63, 3.8) is 0 Å². The predicted molar refractivity (Wildman–Crippen MR) is 47.6 cm³/mol. The van der Waals surface area contributed by atoms with Crippen molar-refractivity contribution in [1.82, 2.24) is 0 Å². The van der Waals surface area contributed by atoms with Gasteiger partial charge in [-0.3, -0.25) is 0 Å². The van der Waals surface area contributed by atoms with Gasteiger partial charge in [-0.05, 0) is 18.1 Å². The molecule has 0 radical (unpaired) electrons. The molecule has 0 heterocycles. The second-order valence-electron chi connectivity index (χ2n) is 2.45. The molecule has 0 spiro atoms. The number of benzene rings is 1. The standard InChI is InChI=1S/C10H12O/c1-3-8-5-6-9(4-2)10(11)7-8/h4-7,11H,2-3H2,1H3. The van der Waals surface area contributed by atoms with Gasteiger partial charge in [-0.2, -0.15) is 0 Å². The molecule has 0 atom stereocenters. The Hall–Kier alpha value is -1.24. The average Bonchev–Trinajstić information content (AvgIpc) is 2.04. The van der Waals surface area contributed by atoms with Gasteiger partial charge in [0.2, 0.25) is 0 Å². The molecule has 0 aliphatic carbocycles. The monoisotopic (exact) mass is 148 g/mol. The zero-order valence-electron chi connectivity index (χ0n) is 6.67. The van der Waals surface area contributed by atoms with Gasteiger partial charge in [-0.1, -0.05) is 31.7 Å². The van der Waals surface area contributed by atoms with Crippen molar-refractivity contribution in [2.45, 2.75) is 13.3 Å². The molecule has 1 N–H and O–H groups in total. The largest absolute Gasteiger partial charge is 0.507 e. The van der Waals surface area contributed by atoms with E-state index in [-0.39, 0.29) is 0 Å². The van der Waals surface area contributed by atoms with Gasteiger partial charge in [0.15, 0.2) is 0 Å². The maximum absolute atomic E-state index is 9.35. The van der Waals surface area contributed by atoms with Gasteiger partial charge >= 0.3 is 0 Å². The number of aromatic hydroxyl groups is 1. The van der Waals surface area contributed by atoms with E-state index >= 15 is 0 Å². The van der Waals surface area contributed by atoms with Crippen LogP contribution < -0.4 is 0 Å². The van der Waals surface area contributed by atoms with Crippen LogP contribution in [0.2, 0.25) is 0 Å². The Morgan fingerprint density at radius 1 is 1.55 bits per heavy atom. The summed E-state index contributed by atoms with van der Waals surface area (Å²) < 4.78 is 0. The van der Waals surface area contributed by atoms with Crippen LogP contribution in [-0.2, 0) is 6.42 Å². The normalized spacial score (nSPS) is 9.55. The molecule has 0 saturated carbocycles. The fourth-order valence-corrected chi connectivity index (χ4v) is 0.982. The molecule has 1 heteroatoms. The molecule has 0 saturated heterocycles. The SMILES string of the molecule is C=Cc1ccc(CC)cc1O. The highest BCUT2D eigenvalue weighted by Crippen LogP contribution is 2.19. The molecule has 0 unspecified atom stereocenters. The van der Waals surface area contributed by atoms with E-state index in [1.165, 1.54) is 0 Å². The van der Waals surface area contributed by atoms with Crippen molar-refractivity contribution in [3.05, 3.63) is 35.9 Å². The van der Waals surface area contributed by atoms with E-state index in [2.05, 4.69) is 13.5 Å². The molecule has 0 fully saturated rings. The van der Waals surface area contributed by atoms with Gasteiger partial charge < -0.3 is 5.11 Å². The van der Waals surface area contributed by atoms with E-state index < -0.39 is 0 Å². The summed E-state index contributed by atoms with van der Waals surface area (Å²) in [6.45, 7) is 5.65. The van der Waals surface area contributed by atoms with Crippen LogP contribution in [-0.4, -0.2) is 5.11 Å². The highest BCUT2D eigenvalue weighted by molar-refractivity contribution is 5.55. The fraction of sp³-hybridized carbons (Fsp3) is 0.200. The van der Waals surface area contributed by atoms with Gasteiger partial charge in [0.05, 0.1) is 0 Å². The number of hydrogen-bond acceptors (Lipinski definition) is 1. The zero-order valence-corrected chi connectivity index (χ0v) is 6.67. The van der Waals surface area contributed by atoms with Gasteiger partial charge in [0.1, 0.15) is 5.75 Å². The van der Waals surface area contributed by atoms with E-state index in [1.54, 1.807) is 12.1 Å². The first kappa shape index (κ1) is 7.86. The number of rotatable bonds is 2. The Morgan fingerprint density at radius 3 is 2.73 bits per heavy atom. The van der Waals surface area contributed by atoms with Crippen LogP contribution in [0.3, 0.4) is 0 Å². The molecule has 1 rings (SSSR count). The third-order valence-corrected chi connectivity index (χ3v) is 1.72. The Balaban J connectivity index is 3.09. The Kier molecular flexibility index (Phi) is 2.32. The molecular weight excluding hydrogens is 136 g/mol. The summed E-state index contributed by atoms with van der Waals surface area (Å²) in [4.78, 5) is 0. The van der Waals surface area contributed by atoms with Crippen molar-refractivity contribution in [2.24, 2.45) is 0 Å². The van der Waals surface area contributed by atoms with Crippen molar-refractivity contribution in [2.75, 3.05) is 0 Å². The van der Waals surface area contributed by atoms with Gasteiger partial charge in [0, 0.05) is 5.56 Å². The molecule has 1 aromatic rings. The minimum absolute atomic E-state index is 0.319. The van der Waals surface area contributed by atoms with Crippen LogP contribution >= 0.6 is 0 Å². The number of phenols is 1. The van der Waals surface area contributed by atoms with E-state index in [0.29, 0.717) is 5.75 Å². The maximum Gasteiger partial charge on any atom is 0.123 e. The first-order chi connectivity index (χ1) is 5.27. The molecule has 1 nitrogen and oxygen atoms in total. The van der Waals surface area contributed by atoms with Gasteiger partial charge in [-0.15, -0.1) is 0 Å². The third kappa shape index (κ3) is 1.61. The van der Waals surface area contributed by atoms with Gasteiger partial charge in [-0.25, -0.2) is 0 Å². The molecule has 11 heavy (non-hydrogen) atoms. The minimum atomic E-state index is 0.319. The summed E-state index contributed by atoms with van der Waals surface area (Å²) in [6.07, 6.45) is 2.60. The molecule has 0 aromatic heterocycles. The zero-order chi connectivity index (χ0) is 8.27. The highest BCUT2D eigenvalue weighted by Gasteiger charge is 1.96. The second kappa shape index (κ2) is 3.24. The molecule has 0 aliphatic rings. The number of aryl methyl sites for hydroxylation is 1. The predicted octanol–water partition coefficient (Wildman–Crippen LogP) is 2.60. The van der Waals surface area contributed by atoms with Crippen molar-refractivity contribution < 1.29 is 5.11 Å². The van der Waals surface area contributed by atoms with Crippen molar-refractivity contribution in [1.29, 1.82) is 0 Å². The summed E-state index contributed by atoms with van der Waals surface area (Å²) in [6, 6.07) is 5.65.